The van der Waals surface area contributed by atoms with Gasteiger partial charge in [-0.25, -0.2) is 0 Å². The molecule has 0 bridgehead atoms. The molecule has 0 saturated carbocycles. The van der Waals surface area contributed by atoms with Crippen molar-refractivity contribution in [1.82, 2.24) is 9.47 Å². The predicted octanol–water partition coefficient (Wildman–Crippen LogP) is 4.85. The zero-order valence-corrected chi connectivity index (χ0v) is 19.8. The summed E-state index contributed by atoms with van der Waals surface area (Å²) in [5.41, 5.74) is 16.1. The molecule has 0 spiro atoms. The van der Waals surface area contributed by atoms with Gasteiger partial charge < -0.3 is 16.0 Å². The maximum atomic E-state index is 12.6. The first-order valence-electron chi connectivity index (χ1n) is 12.1. The quantitative estimate of drug-likeness (QED) is 0.282. The summed E-state index contributed by atoms with van der Waals surface area (Å²) in [4.78, 5) is 18.8. The number of aromatic nitrogens is 1. The number of hydrogen-bond donors (Lipinski definition) is 2. The molecule has 6 rings (SSSR count). The molecular formula is C30H27N5O. The molecule has 2 heterocycles. The van der Waals surface area contributed by atoms with E-state index in [9.17, 15) is 4.79 Å². The molecule has 1 aliphatic rings. The van der Waals surface area contributed by atoms with Crippen LogP contribution in [0.1, 0.15) is 33.6 Å². The van der Waals surface area contributed by atoms with Crippen LogP contribution in [0.2, 0.25) is 0 Å². The second-order valence-electron chi connectivity index (χ2n) is 9.29. The third-order valence-corrected chi connectivity index (χ3v) is 7.04. The lowest BCUT2D eigenvalue weighted by atomic mass is 9.93. The largest absolute Gasteiger partial charge is 0.370 e. The number of benzene rings is 4. The number of nitrogens with two attached hydrogens (primary N) is 2. The average molecular weight is 474 g/mol. The Morgan fingerprint density at radius 2 is 1.33 bits per heavy atom. The van der Waals surface area contributed by atoms with E-state index in [1.807, 2.05) is 12.1 Å². The van der Waals surface area contributed by atoms with Crippen LogP contribution in [0.4, 0.5) is 0 Å². The Morgan fingerprint density at radius 3 is 1.97 bits per heavy atom. The average Bonchev–Trinajstić information content (AvgIpc) is 3.20. The fraction of sp³-hybridized carbons (Fsp3) is 0.133. The fourth-order valence-corrected chi connectivity index (χ4v) is 5.45. The van der Waals surface area contributed by atoms with Gasteiger partial charge in [-0.3, -0.25) is 9.69 Å². The highest BCUT2D eigenvalue weighted by Crippen LogP contribution is 2.40. The summed E-state index contributed by atoms with van der Waals surface area (Å²) in [6.45, 7) is 1.79. The van der Waals surface area contributed by atoms with Crippen LogP contribution in [0.15, 0.2) is 108 Å². The number of likely N-dealkylation sites (tertiary alicyclic amines) is 1. The Kier molecular flexibility index (Phi) is 5.51. The van der Waals surface area contributed by atoms with Crippen LogP contribution in [-0.4, -0.2) is 34.4 Å². The summed E-state index contributed by atoms with van der Waals surface area (Å²) in [5, 5.41) is 2.29. The molecular weight excluding hydrogens is 446 g/mol. The van der Waals surface area contributed by atoms with Gasteiger partial charge in [-0.1, -0.05) is 84.9 Å². The second-order valence-corrected chi connectivity index (χ2v) is 9.29. The van der Waals surface area contributed by atoms with Crippen molar-refractivity contribution in [2.75, 3.05) is 13.1 Å². The highest BCUT2D eigenvalue weighted by molar-refractivity contribution is 6.11. The van der Waals surface area contributed by atoms with E-state index in [0.717, 1.165) is 24.0 Å². The number of hydrogen-bond acceptors (Lipinski definition) is 2. The smallest absolute Gasteiger partial charge is 0.280 e. The molecule has 1 aromatic heterocycles. The molecule has 0 unspecified atom stereocenters. The monoisotopic (exact) mass is 473 g/mol. The number of nitrogens with zero attached hydrogens (tertiary/aromatic N) is 3. The van der Waals surface area contributed by atoms with Gasteiger partial charge in [-0.2, -0.15) is 4.99 Å². The van der Waals surface area contributed by atoms with Crippen LogP contribution >= 0.6 is 0 Å². The van der Waals surface area contributed by atoms with E-state index < -0.39 is 5.91 Å². The van der Waals surface area contributed by atoms with Crippen LogP contribution in [0.3, 0.4) is 0 Å². The maximum Gasteiger partial charge on any atom is 0.280 e. The normalized spacial score (nSPS) is 14.2. The number of rotatable bonds is 5. The van der Waals surface area contributed by atoms with Gasteiger partial charge in [0, 0.05) is 34.9 Å². The van der Waals surface area contributed by atoms with Crippen LogP contribution in [0.25, 0.3) is 21.8 Å². The number of amides is 1. The van der Waals surface area contributed by atoms with Gasteiger partial charge in [-0.05, 0) is 29.3 Å². The Hall–Kier alpha value is -4.42. The van der Waals surface area contributed by atoms with E-state index in [2.05, 4.69) is 99.4 Å². The summed E-state index contributed by atoms with van der Waals surface area (Å²) in [5.74, 6) is -0.666. The van der Waals surface area contributed by atoms with Gasteiger partial charge in [-0.15, -0.1) is 0 Å². The summed E-state index contributed by atoms with van der Waals surface area (Å²) < 4.78 is 2.38. The van der Waals surface area contributed by atoms with Gasteiger partial charge >= 0.3 is 0 Å². The van der Waals surface area contributed by atoms with Crippen molar-refractivity contribution in [1.29, 1.82) is 0 Å². The zero-order chi connectivity index (χ0) is 24.6. The van der Waals surface area contributed by atoms with Crippen molar-refractivity contribution < 1.29 is 4.79 Å². The molecule has 4 aromatic carbocycles. The number of para-hydroxylation sites is 1. The second kappa shape index (κ2) is 8.98. The van der Waals surface area contributed by atoms with Crippen LogP contribution in [0.5, 0.6) is 0 Å². The summed E-state index contributed by atoms with van der Waals surface area (Å²) >= 11 is 0. The SMILES string of the molecule is NC(N)=NC(=O)c1ccc2c3ccccc3n(C3CN(C(c4ccccc4)c4ccccc4)C3)c2c1. The molecule has 0 aliphatic carbocycles. The standard InChI is InChI=1S/C30H27N5O/c31-30(32)33-29(36)22-15-16-25-24-13-7-8-14-26(24)35(27(25)17-22)23-18-34(19-23)28(20-9-3-1-4-10-20)21-11-5-2-6-12-21/h1-17,23,28H,18-19H2,(H4,31,32,33,36). The van der Waals surface area contributed by atoms with E-state index in [1.54, 1.807) is 6.07 Å². The lowest BCUT2D eigenvalue weighted by molar-refractivity contribution is 0.0797. The number of guanidine groups is 1. The van der Waals surface area contributed by atoms with Crippen molar-refractivity contribution in [2.45, 2.75) is 12.1 Å². The van der Waals surface area contributed by atoms with Crippen molar-refractivity contribution in [2.24, 2.45) is 16.5 Å². The number of fused-ring (bicyclic) bond motifs is 3. The predicted molar refractivity (Wildman–Crippen MR) is 145 cm³/mol. The van der Waals surface area contributed by atoms with Crippen LogP contribution < -0.4 is 11.5 Å². The molecule has 6 nitrogen and oxygen atoms in total. The minimum Gasteiger partial charge on any atom is -0.370 e. The van der Waals surface area contributed by atoms with E-state index in [1.165, 1.54) is 22.0 Å². The van der Waals surface area contributed by atoms with E-state index in [-0.39, 0.29) is 18.0 Å². The van der Waals surface area contributed by atoms with Gasteiger partial charge in [0.1, 0.15) is 0 Å². The molecule has 1 amide bonds. The Labute approximate surface area is 209 Å². The molecule has 178 valence electrons. The first kappa shape index (κ1) is 22.1. The molecule has 0 atom stereocenters. The zero-order valence-electron chi connectivity index (χ0n) is 19.8. The fourth-order valence-electron chi connectivity index (χ4n) is 5.45. The van der Waals surface area contributed by atoms with Gasteiger partial charge in [0.15, 0.2) is 5.96 Å². The van der Waals surface area contributed by atoms with Crippen LogP contribution in [0, 0.1) is 0 Å². The number of aliphatic imine (C=N–C) groups is 1. The number of carbonyl (C=O) groups excluding carboxylic acids is 1. The molecule has 6 heteroatoms. The molecule has 1 saturated heterocycles. The molecule has 1 fully saturated rings. The van der Waals surface area contributed by atoms with E-state index >= 15 is 0 Å². The Balaban J connectivity index is 1.40. The maximum absolute atomic E-state index is 12.6. The first-order chi connectivity index (χ1) is 17.6. The molecule has 4 N–H and O–H groups in total. The highest BCUT2D eigenvalue weighted by Gasteiger charge is 2.36. The van der Waals surface area contributed by atoms with Gasteiger partial charge in [0.2, 0.25) is 0 Å². The lowest BCUT2D eigenvalue weighted by Crippen LogP contribution is -2.49. The van der Waals surface area contributed by atoms with E-state index in [4.69, 9.17) is 11.5 Å². The van der Waals surface area contributed by atoms with Crippen molar-refractivity contribution >= 4 is 33.7 Å². The third-order valence-electron chi connectivity index (χ3n) is 7.04. The van der Waals surface area contributed by atoms with E-state index in [0.29, 0.717) is 5.56 Å². The molecule has 36 heavy (non-hydrogen) atoms. The number of carbonyl (C=O) groups is 1. The van der Waals surface area contributed by atoms with Crippen molar-refractivity contribution in [3.63, 3.8) is 0 Å². The Morgan fingerprint density at radius 1 is 0.750 bits per heavy atom. The molecule has 1 aliphatic heterocycles. The van der Waals surface area contributed by atoms with Gasteiger partial charge in [0.05, 0.1) is 17.6 Å². The van der Waals surface area contributed by atoms with Gasteiger partial charge in [0.25, 0.3) is 5.91 Å². The topological polar surface area (TPSA) is 89.6 Å². The minimum atomic E-state index is -0.433. The first-order valence-corrected chi connectivity index (χ1v) is 12.1. The summed E-state index contributed by atoms with van der Waals surface area (Å²) in [7, 11) is 0. The summed E-state index contributed by atoms with van der Waals surface area (Å²) in [6.07, 6.45) is 0. The van der Waals surface area contributed by atoms with Crippen molar-refractivity contribution in [3.05, 3.63) is 120 Å². The highest BCUT2D eigenvalue weighted by atomic mass is 16.1. The molecule has 0 radical (unpaired) electrons. The summed E-state index contributed by atoms with van der Waals surface area (Å²) in [6, 6.07) is 35.9. The lowest BCUT2D eigenvalue weighted by Gasteiger charge is -2.46. The van der Waals surface area contributed by atoms with Crippen molar-refractivity contribution in [3.8, 4) is 0 Å². The third kappa shape index (κ3) is 3.82. The van der Waals surface area contributed by atoms with Crippen LogP contribution in [-0.2, 0) is 0 Å². The molecule has 5 aromatic rings. The Bertz CT molecular complexity index is 1540. The minimum absolute atomic E-state index is 0.191.